The fourth-order valence-corrected chi connectivity index (χ4v) is 4.23. The molecule has 0 saturated carbocycles. The van der Waals surface area contributed by atoms with Crippen LogP contribution in [0.2, 0.25) is 5.02 Å². The zero-order valence-electron chi connectivity index (χ0n) is 14.1. The molecule has 0 aliphatic carbocycles. The number of halogens is 1. The van der Waals surface area contributed by atoms with Crippen molar-refractivity contribution in [2.45, 2.75) is 13.0 Å². The molecular formula is C19H18ClNO4S. The number of para-hydroxylation sites is 1. The molecule has 5 nitrogen and oxygen atoms in total. The Morgan fingerprint density at radius 3 is 2.50 bits per heavy atom. The molecule has 0 bridgehead atoms. The number of nitrogens with zero attached hydrogens (tertiary/aromatic N) is 1. The molecule has 2 aromatic rings. The minimum absolute atomic E-state index is 0.155. The maximum Gasteiger partial charge on any atom is 0.262 e. The number of hydrogen-bond donors (Lipinski definition) is 0. The third-order valence-corrected chi connectivity index (χ3v) is 5.61. The largest absolute Gasteiger partial charge is 0.493 e. The first-order valence-electron chi connectivity index (χ1n) is 8.13. The number of carbonyl (C=O) groups excluding carboxylic acids is 1. The van der Waals surface area contributed by atoms with Crippen molar-refractivity contribution in [2.75, 3.05) is 17.3 Å². The highest BCUT2D eigenvalue weighted by Gasteiger charge is 2.33. The zero-order chi connectivity index (χ0) is 18.7. The van der Waals surface area contributed by atoms with E-state index in [1.54, 1.807) is 48.5 Å². The van der Waals surface area contributed by atoms with Gasteiger partial charge in [-0.3, -0.25) is 4.79 Å². The lowest BCUT2D eigenvalue weighted by molar-refractivity contribution is 0.0979. The Kier molecular flexibility index (Phi) is 5.34. The second kappa shape index (κ2) is 7.51. The summed E-state index contributed by atoms with van der Waals surface area (Å²) in [5.74, 6) is -0.0232. The average Bonchev–Trinajstić information content (AvgIpc) is 2.97. The van der Waals surface area contributed by atoms with E-state index in [1.807, 2.05) is 6.92 Å². The second-order valence-electron chi connectivity index (χ2n) is 5.81. The van der Waals surface area contributed by atoms with Crippen molar-refractivity contribution >= 4 is 33.0 Å². The number of hydrogen-bond acceptors (Lipinski definition) is 4. The number of amides is 1. The highest BCUT2D eigenvalue weighted by atomic mass is 35.5. The first-order valence-corrected chi connectivity index (χ1v) is 10.2. The first-order chi connectivity index (χ1) is 12.4. The Hall–Kier alpha value is -2.31. The zero-order valence-corrected chi connectivity index (χ0v) is 15.7. The summed E-state index contributed by atoms with van der Waals surface area (Å²) in [5.41, 5.74) is 0.944. The van der Waals surface area contributed by atoms with Crippen LogP contribution in [0.4, 0.5) is 5.69 Å². The summed E-state index contributed by atoms with van der Waals surface area (Å²) in [5, 5.41) is 1.69. The van der Waals surface area contributed by atoms with Crippen LogP contribution >= 0.6 is 11.6 Å². The van der Waals surface area contributed by atoms with Crippen molar-refractivity contribution in [3.05, 3.63) is 70.6 Å². The van der Waals surface area contributed by atoms with Crippen molar-refractivity contribution in [1.82, 2.24) is 0 Å². The molecule has 0 aromatic heterocycles. The summed E-state index contributed by atoms with van der Waals surface area (Å²) >= 11 is 5.95. The molecule has 0 unspecified atom stereocenters. The minimum atomic E-state index is -3.32. The minimum Gasteiger partial charge on any atom is -0.493 e. The number of sulfone groups is 1. The summed E-state index contributed by atoms with van der Waals surface area (Å²) in [6.45, 7) is 2.26. The Labute approximate surface area is 157 Å². The third-order valence-electron chi connectivity index (χ3n) is 3.98. The van der Waals surface area contributed by atoms with Crippen LogP contribution in [0.3, 0.4) is 0 Å². The maximum absolute atomic E-state index is 13.3. The molecule has 1 atom stereocenters. The molecule has 1 amide bonds. The quantitative estimate of drug-likeness (QED) is 0.779. The molecule has 3 rings (SSSR count). The van der Waals surface area contributed by atoms with Crippen LogP contribution < -0.4 is 9.64 Å². The van der Waals surface area contributed by atoms with Gasteiger partial charge in [0.05, 0.1) is 24.0 Å². The van der Waals surface area contributed by atoms with Crippen LogP contribution in [0.25, 0.3) is 0 Å². The molecule has 1 heterocycles. The number of anilines is 1. The Morgan fingerprint density at radius 1 is 1.19 bits per heavy atom. The fraction of sp³-hybridized carbons (Fsp3) is 0.211. The highest BCUT2D eigenvalue weighted by molar-refractivity contribution is 7.94. The van der Waals surface area contributed by atoms with Crippen LogP contribution in [-0.2, 0) is 9.84 Å². The third kappa shape index (κ3) is 3.92. The van der Waals surface area contributed by atoms with Crippen LogP contribution in [0, 0.1) is 0 Å². The summed E-state index contributed by atoms with van der Waals surface area (Å²) < 4.78 is 29.3. The summed E-state index contributed by atoms with van der Waals surface area (Å²) in [4.78, 5) is 14.8. The first kappa shape index (κ1) is 18.5. The van der Waals surface area contributed by atoms with E-state index in [4.69, 9.17) is 16.3 Å². The highest BCUT2D eigenvalue weighted by Crippen LogP contribution is 2.29. The van der Waals surface area contributed by atoms with Crippen LogP contribution in [0.1, 0.15) is 17.3 Å². The predicted molar refractivity (Wildman–Crippen MR) is 103 cm³/mol. The van der Waals surface area contributed by atoms with Crippen LogP contribution in [-0.4, -0.2) is 32.7 Å². The van der Waals surface area contributed by atoms with Gasteiger partial charge in [0, 0.05) is 16.1 Å². The van der Waals surface area contributed by atoms with Gasteiger partial charge in [-0.15, -0.1) is 0 Å². The van der Waals surface area contributed by atoms with Gasteiger partial charge in [-0.05, 0) is 49.4 Å². The van der Waals surface area contributed by atoms with Gasteiger partial charge >= 0.3 is 0 Å². The monoisotopic (exact) mass is 391 g/mol. The molecule has 1 aliphatic heterocycles. The van der Waals surface area contributed by atoms with Gasteiger partial charge in [0.25, 0.3) is 5.91 Å². The smallest absolute Gasteiger partial charge is 0.262 e. The molecule has 7 heteroatoms. The maximum atomic E-state index is 13.3. The Balaban J connectivity index is 2.05. The van der Waals surface area contributed by atoms with E-state index in [0.717, 1.165) is 5.41 Å². The van der Waals surface area contributed by atoms with E-state index in [9.17, 15) is 13.2 Å². The molecule has 1 aliphatic rings. The topological polar surface area (TPSA) is 63.7 Å². The second-order valence-corrected chi connectivity index (χ2v) is 8.17. The van der Waals surface area contributed by atoms with Gasteiger partial charge in [0.1, 0.15) is 5.75 Å². The number of benzene rings is 2. The number of rotatable bonds is 5. The molecule has 0 N–H and O–H groups in total. The van der Waals surface area contributed by atoms with Gasteiger partial charge in [-0.25, -0.2) is 8.42 Å². The van der Waals surface area contributed by atoms with E-state index in [2.05, 4.69) is 0 Å². The van der Waals surface area contributed by atoms with E-state index >= 15 is 0 Å². The average molecular weight is 392 g/mol. The molecular weight excluding hydrogens is 374 g/mol. The Morgan fingerprint density at radius 2 is 1.88 bits per heavy atom. The SMILES string of the molecule is CCOc1ccccc1C(=O)N(c1ccc(Cl)cc1)[C@H]1C=CS(=O)(=O)C1. The molecule has 0 radical (unpaired) electrons. The van der Waals surface area contributed by atoms with Gasteiger partial charge in [0.15, 0.2) is 9.84 Å². The van der Waals surface area contributed by atoms with E-state index < -0.39 is 15.9 Å². The van der Waals surface area contributed by atoms with Crippen molar-refractivity contribution in [3.8, 4) is 5.75 Å². The molecule has 136 valence electrons. The van der Waals surface area contributed by atoms with E-state index in [-0.39, 0.29) is 11.7 Å². The summed E-state index contributed by atoms with van der Waals surface area (Å²) in [7, 11) is -3.32. The summed E-state index contributed by atoms with van der Waals surface area (Å²) in [6.07, 6.45) is 1.53. The summed E-state index contributed by atoms with van der Waals surface area (Å²) in [6, 6.07) is 13.1. The van der Waals surface area contributed by atoms with Crippen LogP contribution in [0.5, 0.6) is 5.75 Å². The van der Waals surface area contributed by atoms with Gasteiger partial charge < -0.3 is 9.64 Å². The van der Waals surface area contributed by atoms with Crippen molar-refractivity contribution in [2.24, 2.45) is 0 Å². The van der Waals surface area contributed by atoms with E-state index in [1.165, 1.54) is 11.0 Å². The molecule has 0 saturated heterocycles. The lowest BCUT2D eigenvalue weighted by Gasteiger charge is -2.28. The van der Waals surface area contributed by atoms with Crippen molar-refractivity contribution in [1.29, 1.82) is 0 Å². The van der Waals surface area contributed by atoms with Crippen LogP contribution in [0.15, 0.2) is 60.0 Å². The standard InChI is InChI=1S/C19H18ClNO4S/c1-2-25-18-6-4-3-5-17(18)19(22)21(15-9-7-14(20)8-10-15)16-11-12-26(23,24)13-16/h3-12,16H,2,13H2,1H3/t16-/m0/s1. The van der Waals surface area contributed by atoms with Gasteiger partial charge in [-0.1, -0.05) is 23.7 Å². The number of carbonyl (C=O) groups is 1. The molecule has 26 heavy (non-hydrogen) atoms. The fourth-order valence-electron chi connectivity index (χ4n) is 2.84. The molecule has 0 spiro atoms. The normalized spacial score (nSPS) is 17.8. The lowest BCUT2D eigenvalue weighted by Crippen LogP contribution is -2.41. The van der Waals surface area contributed by atoms with Gasteiger partial charge in [-0.2, -0.15) is 0 Å². The van der Waals surface area contributed by atoms with Crippen molar-refractivity contribution < 1.29 is 17.9 Å². The lowest BCUT2D eigenvalue weighted by atomic mass is 10.1. The Bertz CT molecular complexity index is 938. The van der Waals surface area contributed by atoms with E-state index in [0.29, 0.717) is 28.6 Å². The predicted octanol–water partition coefficient (Wildman–Crippen LogP) is 3.70. The molecule has 0 fully saturated rings. The van der Waals surface area contributed by atoms with Gasteiger partial charge in [0.2, 0.25) is 0 Å². The van der Waals surface area contributed by atoms with Crippen molar-refractivity contribution in [3.63, 3.8) is 0 Å². The molecule has 2 aromatic carbocycles. The number of ether oxygens (including phenoxy) is 1.